The number of benzene rings is 2. The van der Waals surface area contributed by atoms with Gasteiger partial charge in [-0.1, -0.05) is 17.7 Å². The number of fused-ring (bicyclic) bond motifs is 1. The quantitative estimate of drug-likeness (QED) is 0.596. The monoisotopic (exact) mass is 398 g/mol. The highest BCUT2D eigenvalue weighted by Crippen LogP contribution is 2.34. The second kappa shape index (κ2) is 8.29. The van der Waals surface area contributed by atoms with Crippen molar-refractivity contribution in [2.45, 2.75) is 37.0 Å². The van der Waals surface area contributed by atoms with Gasteiger partial charge in [-0.25, -0.2) is 8.42 Å². The van der Waals surface area contributed by atoms with Crippen LogP contribution in [0.25, 0.3) is 10.9 Å². The normalized spacial score (nSPS) is 11.7. The molecule has 1 heterocycles. The number of ether oxygens (including phenoxy) is 1. The fraction of sp³-hybridized carbons (Fsp3) is 0.318. The molecule has 0 unspecified atom stereocenters. The second-order valence-electron chi connectivity index (χ2n) is 7.04. The molecule has 1 aromatic heterocycles. The highest BCUT2D eigenvalue weighted by molar-refractivity contribution is 7.91. The lowest BCUT2D eigenvalue weighted by Gasteiger charge is -2.16. The molecule has 3 aromatic rings. The minimum Gasteiger partial charge on any atom is -0.385 e. The summed E-state index contributed by atoms with van der Waals surface area (Å²) >= 11 is 0. The zero-order valence-electron chi connectivity index (χ0n) is 16.7. The van der Waals surface area contributed by atoms with Crippen LogP contribution < -0.4 is 5.32 Å². The van der Waals surface area contributed by atoms with E-state index in [1.807, 2.05) is 45.0 Å². The summed E-state index contributed by atoms with van der Waals surface area (Å²) < 4.78 is 32.0. The molecule has 148 valence electrons. The third kappa shape index (κ3) is 4.03. The molecule has 0 amide bonds. The number of hydrogen-bond acceptors (Lipinski definition) is 5. The zero-order valence-corrected chi connectivity index (χ0v) is 17.6. The zero-order chi connectivity index (χ0) is 20.3. The van der Waals surface area contributed by atoms with Gasteiger partial charge in [-0.2, -0.15) is 0 Å². The van der Waals surface area contributed by atoms with E-state index in [1.54, 1.807) is 19.2 Å². The van der Waals surface area contributed by atoms with E-state index in [-0.39, 0.29) is 9.79 Å². The summed E-state index contributed by atoms with van der Waals surface area (Å²) in [6.45, 7) is 7.08. The van der Waals surface area contributed by atoms with Crippen LogP contribution in [0.4, 0.5) is 5.69 Å². The molecule has 0 aliphatic carbocycles. The molecule has 0 radical (unpaired) electrons. The average molecular weight is 399 g/mol. The number of methoxy groups -OCH3 is 1. The minimum absolute atomic E-state index is 0.200. The Morgan fingerprint density at radius 2 is 1.82 bits per heavy atom. The summed E-state index contributed by atoms with van der Waals surface area (Å²) in [4.78, 5) is 4.90. The molecular formula is C22H26N2O3S. The smallest absolute Gasteiger partial charge is 0.210 e. The minimum atomic E-state index is -3.71. The molecule has 2 aromatic carbocycles. The van der Waals surface area contributed by atoms with Crippen molar-refractivity contribution in [3.05, 3.63) is 59.3 Å². The van der Waals surface area contributed by atoms with Gasteiger partial charge in [0.25, 0.3) is 0 Å². The van der Waals surface area contributed by atoms with E-state index in [2.05, 4.69) is 10.3 Å². The molecule has 0 bridgehead atoms. The Kier molecular flexibility index (Phi) is 6.01. The molecule has 0 spiro atoms. The van der Waals surface area contributed by atoms with Crippen LogP contribution in [0.2, 0.25) is 0 Å². The van der Waals surface area contributed by atoms with E-state index in [9.17, 15) is 8.42 Å². The number of aryl methyl sites for hydroxylation is 3. The maximum Gasteiger partial charge on any atom is 0.210 e. The summed E-state index contributed by atoms with van der Waals surface area (Å²) in [5, 5.41) is 4.13. The van der Waals surface area contributed by atoms with Crippen molar-refractivity contribution in [2.24, 2.45) is 0 Å². The molecule has 3 rings (SSSR count). The van der Waals surface area contributed by atoms with E-state index in [1.165, 1.54) is 6.20 Å². The lowest BCUT2D eigenvalue weighted by Crippen LogP contribution is -2.12. The first kappa shape index (κ1) is 20.3. The predicted octanol–water partition coefficient (Wildman–Crippen LogP) is 4.44. The van der Waals surface area contributed by atoms with Crippen molar-refractivity contribution in [3.8, 4) is 0 Å². The number of nitrogens with one attached hydrogen (secondary N) is 1. The Labute approximate surface area is 166 Å². The molecule has 28 heavy (non-hydrogen) atoms. The topological polar surface area (TPSA) is 68.3 Å². The van der Waals surface area contributed by atoms with Crippen LogP contribution in [0.3, 0.4) is 0 Å². The van der Waals surface area contributed by atoms with Crippen LogP contribution in [0.1, 0.15) is 23.1 Å². The van der Waals surface area contributed by atoms with Crippen LogP contribution in [-0.2, 0) is 14.6 Å². The molecule has 6 heteroatoms. The molecule has 5 nitrogen and oxygen atoms in total. The van der Waals surface area contributed by atoms with Crippen LogP contribution in [-0.4, -0.2) is 33.7 Å². The highest BCUT2D eigenvalue weighted by atomic mass is 32.2. The average Bonchev–Trinajstić information content (AvgIpc) is 2.67. The van der Waals surface area contributed by atoms with Crippen LogP contribution in [0.15, 0.2) is 52.4 Å². The third-order valence-corrected chi connectivity index (χ3v) is 6.66. The van der Waals surface area contributed by atoms with E-state index >= 15 is 0 Å². The Bertz CT molecular complexity index is 1110. The Morgan fingerprint density at radius 3 is 2.54 bits per heavy atom. The van der Waals surface area contributed by atoms with E-state index in [0.29, 0.717) is 18.8 Å². The first-order valence-corrected chi connectivity index (χ1v) is 10.8. The Morgan fingerprint density at radius 1 is 1.04 bits per heavy atom. The van der Waals surface area contributed by atoms with Gasteiger partial charge < -0.3 is 10.1 Å². The number of hydrogen-bond donors (Lipinski definition) is 1. The lowest BCUT2D eigenvalue weighted by atomic mass is 10.1. The summed E-state index contributed by atoms with van der Waals surface area (Å²) in [5.41, 5.74) is 4.42. The molecule has 0 saturated carbocycles. The van der Waals surface area contributed by atoms with Crippen molar-refractivity contribution < 1.29 is 13.2 Å². The van der Waals surface area contributed by atoms with Crippen molar-refractivity contribution in [3.63, 3.8) is 0 Å². The van der Waals surface area contributed by atoms with Gasteiger partial charge in [0.05, 0.1) is 16.1 Å². The van der Waals surface area contributed by atoms with Crippen LogP contribution in [0, 0.1) is 20.8 Å². The number of anilines is 1. The molecular weight excluding hydrogens is 372 g/mol. The highest BCUT2D eigenvalue weighted by Gasteiger charge is 2.24. The van der Waals surface area contributed by atoms with Crippen molar-refractivity contribution in [1.82, 2.24) is 4.98 Å². The van der Waals surface area contributed by atoms with E-state index in [4.69, 9.17) is 4.74 Å². The largest absolute Gasteiger partial charge is 0.385 e. The van der Waals surface area contributed by atoms with Gasteiger partial charge in [0.2, 0.25) is 9.84 Å². The van der Waals surface area contributed by atoms with Gasteiger partial charge in [-0.15, -0.1) is 0 Å². The standard InChI is InChI=1S/C22H26N2O3S/c1-15-6-9-20-19(12-15)22(23-10-5-11-27-4)21(14-24-20)28(25,26)18-8-7-16(2)17(3)13-18/h6-9,12-14H,5,10-11H2,1-4H3,(H,23,24). The van der Waals surface area contributed by atoms with Crippen LogP contribution >= 0.6 is 0 Å². The first-order chi connectivity index (χ1) is 13.3. The number of rotatable bonds is 7. The maximum atomic E-state index is 13.4. The van der Waals surface area contributed by atoms with E-state index < -0.39 is 9.84 Å². The summed E-state index contributed by atoms with van der Waals surface area (Å²) in [5.74, 6) is 0. The predicted molar refractivity (Wildman–Crippen MR) is 113 cm³/mol. The molecule has 0 atom stereocenters. The van der Waals surface area contributed by atoms with Crippen molar-refractivity contribution >= 4 is 26.4 Å². The fourth-order valence-corrected chi connectivity index (χ4v) is 4.59. The molecule has 0 fully saturated rings. The van der Waals surface area contributed by atoms with Gasteiger partial charge in [-0.05, 0) is 62.6 Å². The first-order valence-electron chi connectivity index (χ1n) is 9.29. The Balaban J connectivity index is 2.16. The molecule has 0 saturated heterocycles. The molecule has 1 N–H and O–H groups in total. The van der Waals surface area contributed by atoms with E-state index in [0.717, 1.165) is 34.0 Å². The van der Waals surface area contributed by atoms with Gasteiger partial charge >= 0.3 is 0 Å². The summed E-state index contributed by atoms with van der Waals surface area (Å²) in [7, 11) is -2.06. The van der Waals surface area contributed by atoms with Crippen molar-refractivity contribution in [1.29, 1.82) is 0 Å². The van der Waals surface area contributed by atoms with Gasteiger partial charge in [-0.3, -0.25) is 4.98 Å². The lowest BCUT2D eigenvalue weighted by molar-refractivity contribution is 0.198. The van der Waals surface area contributed by atoms with Gasteiger partial charge in [0.1, 0.15) is 4.90 Å². The molecule has 0 aliphatic heterocycles. The summed E-state index contributed by atoms with van der Waals surface area (Å²) in [6, 6.07) is 11.1. The maximum absolute atomic E-state index is 13.4. The third-order valence-electron chi connectivity index (χ3n) is 4.89. The fourth-order valence-electron chi connectivity index (χ4n) is 3.11. The van der Waals surface area contributed by atoms with Crippen LogP contribution in [0.5, 0.6) is 0 Å². The SMILES string of the molecule is COCCCNc1c(S(=O)(=O)c2ccc(C)c(C)c2)cnc2ccc(C)cc12. The van der Waals surface area contributed by atoms with Gasteiger partial charge in [0, 0.05) is 31.8 Å². The number of pyridine rings is 1. The second-order valence-corrected chi connectivity index (χ2v) is 8.96. The van der Waals surface area contributed by atoms with Gasteiger partial charge in [0.15, 0.2) is 0 Å². The summed E-state index contributed by atoms with van der Waals surface area (Å²) in [6.07, 6.45) is 2.23. The number of sulfone groups is 1. The Hall–Kier alpha value is -2.44. The number of nitrogens with zero attached hydrogens (tertiary/aromatic N) is 1. The molecule has 0 aliphatic rings. The van der Waals surface area contributed by atoms with Crippen molar-refractivity contribution in [2.75, 3.05) is 25.6 Å². The number of aromatic nitrogens is 1.